The van der Waals surface area contributed by atoms with Gasteiger partial charge in [0.2, 0.25) is 5.91 Å². The molecular weight excluding hydrogens is 278 g/mol. The first kappa shape index (κ1) is 15.1. The number of benzene rings is 1. The van der Waals surface area contributed by atoms with Crippen LogP contribution in [0.15, 0.2) is 12.1 Å². The Labute approximate surface area is 124 Å². The molecule has 1 amide bonds. The Morgan fingerprint density at radius 3 is 3.00 bits per heavy atom. The standard InChI is InChI=1S/C15H20ClNO3/c1-10-6-12(16)7-11(15(10)19-2)8-14(18)17-9-13-4-3-5-20-13/h6-7,13H,3-5,8-9H2,1-2H3,(H,17,18). The lowest BCUT2D eigenvalue weighted by atomic mass is 10.1. The summed E-state index contributed by atoms with van der Waals surface area (Å²) in [6, 6.07) is 3.60. The van der Waals surface area contributed by atoms with Crippen LogP contribution in [0.25, 0.3) is 0 Å². The summed E-state index contributed by atoms with van der Waals surface area (Å²) in [7, 11) is 1.60. The van der Waals surface area contributed by atoms with Crippen LogP contribution in [0.3, 0.4) is 0 Å². The molecule has 0 aliphatic carbocycles. The topological polar surface area (TPSA) is 47.6 Å². The Bertz CT molecular complexity index is 484. The summed E-state index contributed by atoms with van der Waals surface area (Å²) >= 11 is 6.04. The minimum atomic E-state index is -0.0412. The molecule has 0 aromatic heterocycles. The number of halogens is 1. The van der Waals surface area contributed by atoms with E-state index in [-0.39, 0.29) is 18.4 Å². The fraction of sp³-hybridized carbons (Fsp3) is 0.533. The highest BCUT2D eigenvalue weighted by molar-refractivity contribution is 6.30. The molecule has 2 rings (SSSR count). The number of ether oxygens (including phenoxy) is 2. The molecule has 1 heterocycles. The van der Waals surface area contributed by atoms with Crippen LogP contribution >= 0.6 is 11.6 Å². The van der Waals surface area contributed by atoms with Crippen LogP contribution < -0.4 is 10.1 Å². The fourth-order valence-corrected chi connectivity index (χ4v) is 2.79. The van der Waals surface area contributed by atoms with Crippen LogP contribution in [0.4, 0.5) is 0 Å². The monoisotopic (exact) mass is 297 g/mol. The van der Waals surface area contributed by atoms with Gasteiger partial charge in [-0.1, -0.05) is 11.6 Å². The predicted molar refractivity (Wildman–Crippen MR) is 78.4 cm³/mol. The summed E-state index contributed by atoms with van der Waals surface area (Å²) < 4.78 is 10.8. The fourth-order valence-electron chi connectivity index (χ4n) is 2.49. The number of nitrogens with one attached hydrogen (secondary N) is 1. The minimum absolute atomic E-state index is 0.0412. The van der Waals surface area contributed by atoms with Gasteiger partial charge in [-0.05, 0) is 37.5 Å². The molecule has 1 unspecified atom stereocenters. The van der Waals surface area contributed by atoms with Gasteiger partial charge in [-0.3, -0.25) is 4.79 Å². The number of aryl methyl sites for hydroxylation is 1. The number of amides is 1. The first-order chi connectivity index (χ1) is 9.60. The lowest BCUT2D eigenvalue weighted by Crippen LogP contribution is -2.32. The van der Waals surface area contributed by atoms with E-state index >= 15 is 0 Å². The van der Waals surface area contributed by atoms with Gasteiger partial charge in [0, 0.05) is 23.7 Å². The van der Waals surface area contributed by atoms with Gasteiger partial charge >= 0.3 is 0 Å². The highest BCUT2D eigenvalue weighted by Gasteiger charge is 2.17. The Morgan fingerprint density at radius 2 is 2.35 bits per heavy atom. The van der Waals surface area contributed by atoms with Gasteiger partial charge in [0.15, 0.2) is 0 Å². The van der Waals surface area contributed by atoms with Crippen molar-refractivity contribution in [2.75, 3.05) is 20.3 Å². The second-order valence-corrected chi connectivity index (χ2v) is 5.47. The van der Waals surface area contributed by atoms with Crippen molar-refractivity contribution in [3.8, 4) is 5.75 Å². The minimum Gasteiger partial charge on any atom is -0.496 e. The zero-order chi connectivity index (χ0) is 14.5. The van der Waals surface area contributed by atoms with E-state index in [1.54, 1.807) is 13.2 Å². The van der Waals surface area contributed by atoms with Gasteiger partial charge in [0.1, 0.15) is 5.75 Å². The maximum absolute atomic E-state index is 12.0. The summed E-state index contributed by atoms with van der Waals surface area (Å²) in [5.74, 6) is 0.683. The smallest absolute Gasteiger partial charge is 0.224 e. The molecule has 0 radical (unpaired) electrons. The van der Waals surface area contributed by atoms with Crippen molar-refractivity contribution in [1.82, 2.24) is 5.32 Å². The van der Waals surface area contributed by atoms with E-state index < -0.39 is 0 Å². The second-order valence-electron chi connectivity index (χ2n) is 5.03. The Hall–Kier alpha value is -1.26. The van der Waals surface area contributed by atoms with Gasteiger partial charge < -0.3 is 14.8 Å². The number of rotatable bonds is 5. The molecule has 1 aromatic carbocycles. The van der Waals surface area contributed by atoms with Gasteiger partial charge in [-0.15, -0.1) is 0 Å². The molecule has 1 atom stereocenters. The number of methoxy groups -OCH3 is 1. The molecule has 1 N–H and O–H groups in total. The van der Waals surface area contributed by atoms with Gasteiger partial charge in [-0.2, -0.15) is 0 Å². The van der Waals surface area contributed by atoms with Crippen molar-refractivity contribution in [2.45, 2.75) is 32.3 Å². The van der Waals surface area contributed by atoms with Gasteiger partial charge in [-0.25, -0.2) is 0 Å². The number of hydrogen-bond acceptors (Lipinski definition) is 3. The van der Waals surface area contributed by atoms with Gasteiger partial charge in [0.25, 0.3) is 0 Å². The third-order valence-electron chi connectivity index (χ3n) is 3.42. The molecule has 1 aliphatic heterocycles. The summed E-state index contributed by atoms with van der Waals surface area (Å²) in [6.45, 7) is 3.28. The molecule has 1 saturated heterocycles. The third kappa shape index (κ3) is 3.87. The lowest BCUT2D eigenvalue weighted by Gasteiger charge is -2.14. The van der Waals surface area contributed by atoms with Crippen molar-refractivity contribution in [1.29, 1.82) is 0 Å². The van der Waals surface area contributed by atoms with Gasteiger partial charge in [0.05, 0.1) is 19.6 Å². The molecule has 1 aromatic rings. The van der Waals surface area contributed by atoms with E-state index in [1.807, 2.05) is 13.0 Å². The summed E-state index contributed by atoms with van der Waals surface area (Å²) in [6.07, 6.45) is 2.50. The Balaban J connectivity index is 1.96. The molecule has 0 bridgehead atoms. The van der Waals surface area contributed by atoms with E-state index in [2.05, 4.69) is 5.32 Å². The molecule has 1 aliphatic rings. The molecular formula is C15H20ClNO3. The summed E-state index contributed by atoms with van der Waals surface area (Å²) in [4.78, 5) is 12.0. The highest BCUT2D eigenvalue weighted by atomic mass is 35.5. The van der Waals surface area contributed by atoms with Crippen molar-refractivity contribution in [3.63, 3.8) is 0 Å². The molecule has 110 valence electrons. The molecule has 20 heavy (non-hydrogen) atoms. The van der Waals surface area contributed by atoms with E-state index in [9.17, 15) is 4.79 Å². The number of carbonyl (C=O) groups excluding carboxylic acids is 1. The molecule has 5 heteroatoms. The predicted octanol–water partition coefficient (Wildman–Crippen LogP) is 2.49. The van der Waals surface area contributed by atoms with E-state index in [1.165, 1.54) is 0 Å². The maximum atomic E-state index is 12.0. The first-order valence-corrected chi connectivity index (χ1v) is 7.19. The van der Waals surface area contributed by atoms with Crippen LogP contribution in [0.2, 0.25) is 5.02 Å². The van der Waals surface area contributed by atoms with Crippen LogP contribution in [-0.4, -0.2) is 32.3 Å². The van der Waals surface area contributed by atoms with E-state index in [4.69, 9.17) is 21.1 Å². The quantitative estimate of drug-likeness (QED) is 0.908. The zero-order valence-electron chi connectivity index (χ0n) is 11.9. The van der Waals surface area contributed by atoms with E-state index in [0.29, 0.717) is 11.6 Å². The van der Waals surface area contributed by atoms with Crippen molar-refractivity contribution in [2.24, 2.45) is 0 Å². The zero-order valence-corrected chi connectivity index (χ0v) is 12.6. The second kappa shape index (κ2) is 6.95. The SMILES string of the molecule is COc1c(C)cc(Cl)cc1CC(=O)NCC1CCCO1. The number of hydrogen-bond donors (Lipinski definition) is 1. The summed E-state index contributed by atoms with van der Waals surface area (Å²) in [5, 5.41) is 3.52. The van der Waals surface area contributed by atoms with Crippen LogP contribution in [0.1, 0.15) is 24.0 Å². The van der Waals surface area contributed by atoms with Crippen LogP contribution in [0.5, 0.6) is 5.75 Å². The van der Waals surface area contributed by atoms with Crippen molar-refractivity contribution >= 4 is 17.5 Å². The maximum Gasteiger partial charge on any atom is 0.224 e. The molecule has 1 fully saturated rings. The molecule has 4 nitrogen and oxygen atoms in total. The third-order valence-corrected chi connectivity index (χ3v) is 3.64. The lowest BCUT2D eigenvalue weighted by molar-refractivity contribution is -0.120. The Morgan fingerprint density at radius 1 is 1.55 bits per heavy atom. The highest BCUT2D eigenvalue weighted by Crippen LogP contribution is 2.27. The van der Waals surface area contributed by atoms with Crippen molar-refractivity contribution < 1.29 is 14.3 Å². The summed E-state index contributed by atoms with van der Waals surface area (Å²) in [5.41, 5.74) is 1.74. The van der Waals surface area contributed by atoms with Crippen LogP contribution in [-0.2, 0) is 16.0 Å². The molecule has 0 spiro atoms. The largest absolute Gasteiger partial charge is 0.496 e. The van der Waals surface area contributed by atoms with Crippen LogP contribution in [0, 0.1) is 6.92 Å². The average Bonchev–Trinajstić information content (AvgIpc) is 2.89. The number of carbonyl (C=O) groups is 1. The molecule has 0 saturated carbocycles. The first-order valence-electron chi connectivity index (χ1n) is 6.81. The average molecular weight is 298 g/mol. The Kier molecular flexibility index (Phi) is 5.26. The normalized spacial score (nSPS) is 18.1. The van der Waals surface area contributed by atoms with Crippen molar-refractivity contribution in [3.05, 3.63) is 28.3 Å². The van der Waals surface area contributed by atoms with E-state index in [0.717, 1.165) is 36.3 Å².